The Balaban J connectivity index is 1.12. The van der Waals surface area contributed by atoms with Gasteiger partial charge >= 0.3 is 0 Å². The second-order valence-corrected chi connectivity index (χ2v) is 11.3. The van der Waals surface area contributed by atoms with E-state index in [2.05, 4.69) is 56.9 Å². The van der Waals surface area contributed by atoms with Gasteiger partial charge < -0.3 is 15.7 Å². The molecule has 0 radical (unpaired) electrons. The summed E-state index contributed by atoms with van der Waals surface area (Å²) in [5, 5.41) is 10.8. The molecule has 7 heteroatoms. The average Bonchev–Trinajstić information content (AvgIpc) is 3.28. The van der Waals surface area contributed by atoms with Gasteiger partial charge in [-0.05, 0) is 74.0 Å². The van der Waals surface area contributed by atoms with Gasteiger partial charge in [0.05, 0.1) is 5.69 Å². The van der Waals surface area contributed by atoms with Crippen molar-refractivity contribution < 1.29 is 5.11 Å². The minimum absolute atomic E-state index is 0.353. The molecule has 0 bridgehead atoms. The Kier molecular flexibility index (Phi) is 7.79. The molecule has 5 rings (SSSR count). The van der Waals surface area contributed by atoms with Crippen molar-refractivity contribution in [2.24, 2.45) is 0 Å². The molecule has 1 aromatic heterocycles. The first kappa shape index (κ1) is 25.1. The van der Waals surface area contributed by atoms with Crippen molar-refractivity contribution in [3.63, 3.8) is 0 Å². The second-order valence-electron chi connectivity index (χ2n) is 10.2. The van der Waals surface area contributed by atoms with Crippen LogP contribution in [0.2, 0.25) is 0 Å². The number of hydrogen-bond donors (Lipinski definition) is 2. The average molecular weight is 506 g/mol. The summed E-state index contributed by atoms with van der Waals surface area (Å²) >= 11 is 1.69. The van der Waals surface area contributed by atoms with Gasteiger partial charge in [-0.25, -0.2) is 4.98 Å². The Morgan fingerprint density at radius 3 is 2.53 bits per heavy atom. The molecule has 0 unspecified atom stereocenters. The highest BCUT2D eigenvalue weighted by Gasteiger charge is 2.27. The van der Waals surface area contributed by atoms with Crippen LogP contribution in [-0.2, 0) is 12.8 Å². The van der Waals surface area contributed by atoms with Crippen LogP contribution in [0.3, 0.4) is 0 Å². The lowest BCUT2D eigenvalue weighted by Gasteiger charge is -2.39. The van der Waals surface area contributed by atoms with E-state index in [4.69, 9.17) is 5.73 Å². The summed E-state index contributed by atoms with van der Waals surface area (Å²) < 4.78 is 0. The van der Waals surface area contributed by atoms with Crippen molar-refractivity contribution in [1.82, 2.24) is 14.8 Å². The number of hydrogen-bond acceptors (Lipinski definition) is 7. The Labute approximate surface area is 219 Å². The van der Waals surface area contributed by atoms with Gasteiger partial charge in [-0.15, -0.1) is 11.3 Å². The Hall–Kier alpha value is -2.61. The maximum absolute atomic E-state index is 10.0. The molecule has 1 atom stereocenters. The van der Waals surface area contributed by atoms with E-state index in [0.717, 1.165) is 73.9 Å². The number of phenols is 1. The Morgan fingerprint density at radius 1 is 1.06 bits per heavy atom. The van der Waals surface area contributed by atoms with E-state index in [1.165, 1.54) is 35.6 Å². The Morgan fingerprint density at radius 2 is 1.81 bits per heavy atom. The van der Waals surface area contributed by atoms with Crippen molar-refractivity contribution in [3.05, 3.63) is 58.6 Å². The number of aromatic nitrogens is 1. The lowest BCUT2D eigenvalue weighted by atomic mass is 9.96. The maximum Gasteiger partial charge on any atom is 0.180 e. The van der Waals surface area contributed by atoms with E-state index in [0.29, 0.717) is 11.8 Å². The van der Waals surface area contributed by atoms with Crippen LogP contribution in [-0.4, -0.2) is 71.7 Å². The molecule has 192 valence electrons. The SMILES string of the molecule is CCCN(CCN1CCN(c2ccc(-c3ccc(C)c(O)c3)cc2)CC1)[C@H]1CCc2nc(N)sc2C1. The molecule has 3 N–H and O–H groups in total. The van der Waals surface area contributed by atoms with Gasteiger partial charge in [0.1, 0.15) is 5.75 Å². The second kappa shape index (κ2) is 11.2. The summed E-state index contributed by atoms with van der Waals surface area (Å²) in [6.07, 6.45) is 4.56. The third-order valence-corrected chi connectivity index (χ3v) is 8.76. The van der Waals surface area contributed by atoms with Crippen LogP contribution >= 0.6 is 11.3 Å². The highest BCUT2D eigenvalue weighted by Crippen LogP contribution is 2.31. The van der Waals surface area contributed by atoms with Crippen molar-refractivity contribution in [1.29, 1.82) is 0 Å². The van der Waals surface area contributed by atoms with Gasteiger partial charge in [-0.3, -0.25) is 9.80 Å². The number of nitrogen functional groups attached to an aromatic ring is 1. The number of nitrogens with zero attached hydrogens (tertiary/aromatic N) is 4. The summed E-state index contributed by atoms with van der Waals surface area (Å²) in [5.74, 6) is 0.353. The quantitative estimate of drug-likeness (QED) is 0.458. The van der Waals surface area contributed by atoms with Crippen LogP contribution in [0.15, 0.2) is 42.5 Å². The molecule has 36 heavy (non-hydrogen) atoms. The predicted octanol–water partition coefficient (Wildman–Crippen LogP) is 4.80. The molecule has 0 amide bonds. The zero-order valence-electron chi connectivity index (χ0n) is 21.6. The van der Waals surface area contributed by atoms with E-state index in [1.54, 1.807) is 11.3 Å². The molecule has 0 saturated carbocycles. The van der Waals surface area contributed by atoms with Crippen molar-refractivity contribution in [2.45, 2.75) is 45.6 Å². The van der Waals surface area contributed by atoms with E-state index in [-0.39, 0.29) is 0 Å². The summed E-state index contributed by atoms with van der Waals surface area (Å²) in [7, 11) is 0. The number of phenolic OH excluding ortho intramolecular Hbond substituents is 1. The third kappa shape index (κ3) is 5.69. The lowest BCUT2D eigenvalue weighted by Crippen LogP contribution is -2.50. The highest BCUT2D eigenvalue weighted by molar-refractivity contribution is 7.15. The number of anilines is 2. The van der Waals surface area contributed by atoms with Crippen LogP contribution in [0.5, 0.6) is 5.75 Å². The number of thiazole rings is 1. The van der Waals surface area contributed by atoms with Crippen LogP contribution < -0.4 is 10.6 Å². The van der Waals surface area contributed by atoms with Crippen molar-refractivity contribution >= 4 is 22.2 Å². The summed E-state index contributed by atoms with van der Waals surface area (Å²) in [5.41, 5.74) is 11.6. The fraction of sp³-hybridized carbons (Fsp3) is 0.483. The van der Waals surface area contributed by atoms with E-state index in [1.807, 2.05) is 19.1 Å². The first-order valence-corrected chi connectivity index (χ1v) is 14.2. The largest absolute Gasteiger partial charge is 0.508 e. The third-order valence-electron chi connectivity index (χ3n) is 7.81. The monoisotopic (exact) mass is 505 g/mol. The standard InChI is InChI=1S/C29H39N5OS/c1-3-12-33(25-10-11-26-28(20-25)36-29(30)31-26)16-13-32-14-17-34(18-15-32)24-8-6-22(7-9-24)23-5-4-21(2)27(35)19-23/h4-9,19,25,35H,3,10-18,20H2,1-2H3,(H2,30,31)/t25-/m0/s1. The number of nitrogens with two attached hydrogens (primary N) is 1. The zero-order chi connectivity index (χ0) is 25.1. The zero-order valence-corrected chi connectivity index (χ0v) is 22.4. The number of piperazine rings is 1. The molecule has 2 heterocycles. The summed E-state index contributed by atoms with van der Waals surface area (Å²) in [4.78, 5) is 13.8. The fourth-order valence-corrected chi connectivity index (χ4v) is 6.56. The summed E-state index contributed by atoms with van der Waals surface area (Å²) in [6, 6.07) is 15.3. The predicted molar refractivity (Wildman–Crippen MR) is 151 cm³/mol. The molecule has 2 aromatic carbocycles. The number of aryl methyl sites for hydroxylation is 2. The molecule has 1 aliphatic carbocycles. The van der Waals surface area contributed by atoms with E-state index >= 15 is 0 Å². The number of benzene rings is 2. The number of aromatic hydroxyl groups is 1. The first-order valence-electron chi connectivity index (χ1n) is 13.4. The van der Waals surface area contributed by atoms with E-state index < -0.39 is 0 Å². The van der Waals surface area contributed by atoms with Crippen LogP contribution in [0.1, 0.15) is 35.9 Å². The normalized spacial score (nSPS) is 18.5. The molecule has 1 saturated heterocycles. The topological polar surface area (TPSA) is 68.9 Å². The molecule has 1 aliphatic heterocycles. The minimum Gasteiger partial charge on any atom is -0.508 e. The van der Waals surface area contributed by atoms with Crippen LogP contribution in [0.25, 0.3) is 11.1 Å². The molecule has 6 nitrogen and oxygen atoms in total. The van der Waals surface area contributed by atoms with Gasteiger partial charge in [-0.2, -0.15) is 0 Å². The fourth-order valence-electron chi connectivity index (χ4n) is 5.61. The highest BCUT2D eigenvalue weighted by atomic mass is 32.1. The smallest absolute Gasteiger partial charge is 0.180 e. The lowest BCUT2D eigenvalue weighted by molar-refractivity contribution is 0.146. The van der Waals surface area contributed by atoms with Crippen LogP contribution in [0.4, 0.5) is 10.8 Å². The minimum atomic E-state index is 0.353. The first-order chi connectivity index (χ1) is 17.5. The molecule has 3 aromatic rings. The van der Waals surface area contributed by atoms with E-state index in [9.17, 15) is 5.11 Å². The van der Waals surface area contributed by atoms with Gasteiger partial charge in [0.25, 0.3) is 0 Å². The van der Waals surface area contributed by atoms with Gasteiger partial charge in [0.2, 0.25) is 0 Å². The number of rotatable bonds is 8. The van der Waals surface area contributed by atoms with Crippen molar-refractivity contribution in [2.75, 3.05) is 56.4 Å². The van der Waals surface area contributed by atoms with Gasteiger partial charge in [0, 0.05) is 55.9 Å². The molecular weight excluding hydrogens is 466 g/mol. The van der Waals surface area contributed by atoms with Gasteiger partial charge in [0.15, 0.2) is 5.13 Å². The number of fused-ring (bicyclic) bond motifs is 1. The molecule has 0 spiro atoms. The molecule has 2 aliphatic rings. The Bertz CT molecular complexity index is 1150. The molecular formula is C29H39N5OS. The summed E-state index contributed by atoms with van der Waals surface area (Å²) in [6.45, 7) is 12.0. The van der Waals surface area contributed by atoms with Gasteiger partial charge in [-0.1, -0.05) is 31.2 Å². The van der Waals surface area contributed by atoms with Crippen molar-refractivity contribution in [3.8, 4) is 16.9 Å². The van der Waals surface area contributed by atoms with Crippen LogP contribution in [0, 0.1) is 6.92 Å². The maximum atomic E-state index is 10.0. The molecule has 1 fully saturated rings.